The first-order valence-corrected chi connectivity index (χ1v) is 8.41. The molecule has 0 fully saturated rings. The normalized spacial score (nSPS) is 10.4. The Morgan fingerprint density at radius 1 is 1.00 bits per heavy atom. The highest BCUT2D eigenvalue weighted by atomic mass is 35.5. The zero-order chi connectivity index (χ0) is 18.0. The maximum Gasteiger partial charge on any atom is 0.261 e. The van der Waals surface area contributed by atoms with E-state index in [2.05, 4.69) is 10.6 Å². The molecule has 126 valence electrons. The van der Waals surface area contributed by atoms with Gasteiger partial charge in [-0.25, -0.2) is 4.39 Å². The van der Waals surface area contributed by atoms with E-state index in [0.29, 0.717) is 0 Å². The zero-order valence-corrected chi connectivity index (χ0v) is 16.0. The van der Waals surface area contributed by atoms with E-state index in [0.717, 1.165) is 6.07 Å². The third-order valence-corrected chi connectivity index (χ3v) is 5.04. The van der Waals surface area contributed by atoms with Gasteiger partial charge in [0.2, 0.25) is 0 Å². The van der Waals surface area contributed by atoms with Crippen molar-refractivity contribution in [3.63, 3.8) is 0 Å². The largest absolute Gasteiger partial charge is 0.331 e. The number of hydrogen-bond donors (Lipinski definition) is 2. The van der Waals surface area contributed by atoms with E-state index >= 15 is 0 Å². The van der Waals surface area contributed by atoms with Crippen molar-refractivity contribution in [3.8, 4) is 0 Å². The molecule has 0 saturated carbocycles. The van der Waals surface area contributed by atoms with Crippen LogP contribution in [0, 0.1) is 5.82 Å². The molecule has 0 atom stereocenters. The van der Waals surface area contributed by atoms with Crippen molar-refractivity contribution < 1.29 is 9.18 Å². The topological polar surface area (TPSA) is 41.1 Å². The van der Waals surface area contributed by atoms with Crippen LogP contribution in [0.2, 0.25) is 25.1 Å². The predicted molar refractivity (Wildman–Crippen MR) is 102 cm³/mol. The van der Waals surface area contributed by atoms with Gasteiger partial charge < -0.3 is 5.32 Å². The van der Waals surface area contributed by atoms with Gasteiger partial charge in [-0.1, -0.05) is 64.1 Å². The number of hydrogen-bond acceptors (Lipinski definition) is 2. The number of carbonyl (C=O) groups is 1. The minimum atomic E-state index is -0.821. The van der Waals surface area contributed by atoms with Gasteiger partial charge >= 0.3 is 0 Å². The van der Waals surface area contributed by atoms with Crippen molar-refractivity contribution in [1.82, 2.24) is 5.32 Å². The van der Waals surface area contributed by atoms with Crippen LogP contribution in [0.5, 0.6) is 0 Å². The molecule has 0 bridgehead atoms. The Labute approximate surface area is 167 Å². The molecule has 2 aromatic rings. The fourth-order valence-electron chi connectivity index (χ4n) is 1.70. The molecule has 2 aromatic carbocycles. The SMILES string of the molecule is O=C(NC(=S)Nc1cc(Cl)c(Cl)c(Cl)c1Cl)c1c(F)cccc1Cl. The first-order chi connectivity index (χ1) is 11.2. The lowest BCUT2D eigenvalue weighted by Gasteiger charge is -2.13. The Morgan fingerprint density at radius 2 is 1.67 bits per heavy atom. The summed E-state index contributed by atoms with van der Waals surface area (Å²) in [5, 5.41) is 5.03. The van der Waals surface area contributed by atoms with E-state index in [1.165, 1.54) is 18.2 Å². The van der Waals surface area contributed by atoms with E-state index in [1.807, 2.05) is 0 Å². The van der Waals surface area contributed by atoms with E-state index in [1.54, 1.807) is 0 Å². The molecule has 3 nitrogen and oxygen atoms in total. The maximum absolute atomic E-state index is 13.7. The van der Waals surface area contributed by atoms with Crippen LogP contribution < -0.4 is 10.6 Å². The monoisotopic (exact) mass is 444 g/mol. The van der Waals surface area contributed by atoms with Crippen LogP contribution in [0.3, 0.4) is 0 Å². The second kappa shape index (κ2) is 8.04. The van der Waals surface area contributed by atoms with E-state index < -0.39 is 11.7 Å². The van der Waals surface area contributed by atoms with Crippen LogP contribution in [-0.2, 0) is 0 Å². The van der Waals surface area contributed by atoms with Crippen LogP contribution in [0.15, 0.2) is 24.3 Å². The highest BCUT2D eigenvalue weighted by Gasteiger charge is 2.18. The number of anilines is 1. The lowest BCUT2D eigenvalue weighted by molar-refractivity contribution is 0.0974. The number of benzene rings is 2. The first kappa shape index (κ1) is 19.5. The molecule has 0 unspecified atom stereocenters. The molecule has 0 aliphatic carbocycles. The van der Waals surface area contributed by atoms with Crippen molar-refractivity contribution in [1.29, 1.82) is 0 Å². The summed E-state index contributed by atoms with van der Waals surface area (Å²) in [7, 11) is 0. The van der Waals surface area contributed by atoms with Crippen LogP contribution in [0.1, 0.15) is 10.4 Å². The van der Waals surface area contributed by atoms with Crippen molar-refractivity contribution in [3.05, 3.63) is 60.8 Å². The summed E-state index contributed by atoms with van der Waals surface area (Å²) in [4.78, 5) is 12.1. The van der Waals surface area contributed by atoms with Gasteiger partial charge in [0.05, 0.1) is 36.4 Å². The Morgan fingerprint density at radius 3 is 2.29 bits per heavy atom. The minimum absolute atomic E-state index is 0.0274. The summed E-state index contributed by atoms with van der Waals surface area (Å²) in [5.41, 5.74) is -0.109. The van der Waals surface area contributed by atoms with E-state index in [4.69, 9.17) is 70.2 Å². The Kier molecular flexibility index (Phi) is 6.53. The highest BCUT2D eigenvalue weighted by molar-refractivity contribution is 7.80. The van der Waals surface area contributed by atoms with Gasteiger partial charge in [0.25, 0.3) is 5.91 Å². The van der Waals surface area contributed by atoms with Crippen LogP contribution in [-0.4, -0.2) is 11.0 Å². The number of halogens is 6. The molecule has 24 heavy (non-hydrogen) atoms. The molecule has 2 N–H and O–H groups in total. The van der Waals surface area contributed by atoms with Crippen LogP contribution >= 0.6 is 70.2 Å². The molecular weight excluding hydrogens is 440 g/mol. The fraction of sp³-hybridized carbons (Fsp3) is 0. The summed E-state index contributed by atoms with van der Waals surface area (Å²) in [6.45, 7) is 0. The lowest BCUT2D eigenvalue weighted by atomic mass is 10.2. The number of carbonyl (C=O) groups excluding carboxylic acids is 1. The molecule has 0 spiro atoms. The van der Waals surface area contributed by atoms with Gasteiger partial charge in [0, 0.05) is 0 Å². The number of thiocarbonyl (C=S) groups is 1. The van der Waals surface area contributed by atoms with Gasteiger partial charge in [-0.05, 0) is 30.4 Å². The predicted octanol–water partition coefficient (Wildman–Crippen LogP) is 6.22. The summed E-state index contributed by atoms with van der Waals surface area (Å²) in [6, 6.07) is 5.24. The standard InChI is InChI=1S/C14H6Cl5FN2OS/c15-5-2-1-3-7(20)9(5)13(23)22-14(24)21-8-4-6(16)10(17)12(19)11(8)18/h1-4H,(H2,21,22,23,24). The molecule has 0 aliphatic rings. The van der Waals surface area contributed by atoms with Crippen molar-refractivity contribution in [2.45, 2.75) is 0 Å². The Bertz CT molecular complexity index is 826. The molecule has 0 aliphatic heterocycles. The second-order valence-electron chi connectivity index (χ2n) is 4.35. The lowest BCUT2D eigenvalue weighted by Crippen LogP contribution is -2.34. The Balaban J connectivity index is 2.19. The Hall–Kier alpha value is -0.820. The summed E-state index contributed by atoms with van der Waals surface area (Å²) < 4.78 is 13.7. The summed E-state index contributed by atoms with van der Waals surface area (Å²) in [5.74, 6) is -1.60. The third kappa shape index (κ3) is 4.23. The molecule has 0 radical (unpaired) electrons. The van der Waals surface area contributed by atoms with E-state index in [9.17, 15) is 9.18 Å². The molecule has 1 amide bonds. The maximum atomic E-state index is 13.7. The average molecular weight is 447 g/mol. The van der Waals surface area contributed by atoms with Crippen molar-refractivity contribution >= 4 is 86.9 Å². The van der Waals surface area contributed by atoms with Crippen LogP contribution in [0.4, 0.5) is 10.1 Å². The quantitative estimate of drug-likeness (QED) is 0.327. The average Bonchev–Trinajstić information content (AvgIpc) is 2.50. The van der Waals surface area contributed by atoms with E-state index in [-0.39, 0.29) is 41.5 Å². The molecular formula is C14H6Cl5FN2OS. The second-order valence-corrected chi connectivity index (χ2v) is 6.71. The molecule has 0 aromatic heterocycles. The van der Waals surface area contributed by atoms with Gasteiger partial charge in [-0.2, -0.15) is 0 Å². The van der Waals surface area contributed by atoms with Gasteiger partial charge in [-0.15, -0.1) is 0 Å². The molecule has 0 saturated heterocycles. The highest BCUT2D eigenvalue weighted by Crippen LogP contribution is 2.40. The zero-order valence-electron chi connectivity index (χ0n) is 11.4. The first-order valence-electron chi connectivity index (χ1n) is 6.11. The molecule has 0 heterocycles. The number of rotatable bonds is 2. The van der Waals surface area contributed by atoms with Crippen LogP contribution in [0.25, 0.3) is 0 Å². The minimum Gasteiger partial charge on any atom is -0.331 e. The fourth-order valence-corrected chi connectivity index (χ4v) is 3.00. The van der Waals surface area contributed by atoms with Crippen molar-refractivity contribution in [2.75, 3.05) is 5.32 Å². The summed E-state index contributed by atoms with van der Waals surface area (Å²) in [6.07, 6.45) is 0. The van der Waals surface area contributed by atoms with Crippen molar-refractivity contribution in [2.24, 2.45) is 0 Å². The number of nitrogens with one attached hydrogen (secondary N) is 2. The van der Waals surface area contributed by atoms with Gasteiger partial charge in [0.1, 0.15) is 5.82 Å². The van der Waals surface area contributed by atoms with Gasteiger partial charge in [-0.3, -0.25) is 10.1 Å². The van der Waals surface area contributed by atoms with Gasteiger partial charge in [0.15, 0.2) is 5.11 Å². The molecule has 10 heteroatoms. The smallest absolute Gasteiger partial charge is 0.261 e. The third-order valence-electron chi connectivity index (χ3n) is 2.77. The number of amides is 1. The summed E-state index contributed by atoms with van der Waals surface area (Å²) >= 11 is 34.5. The molecule has 2 rings (SSSR count).